The zero-order chi connectivity index (χ0) is 10.0. The maximum atomic E-state index is 3.89. The van der Waals surface area contributed by atoms with Gasteiger partial charge in [-0.1, -0.05) is 46.3 Å². The molecule has 0 radical (unpaired) electrons. The number of piperidine rings is 3. The molecule has 3 heterocycles. The Morgan fingerprint density at radius 1 is 1.27 bits per heavy atom. The number of nitrogens with zero attached hydrogens (tertiary/aromatic N) is 1. The number of benzene rings is 1. The third-order valence-corrected chi connectivity index (χ3v) is 6.06. The van der Waals surface area contributed by atoms with Crippen molar-refractivity contribution in [2.24, 2.45) is 5.92 Å². The molecular formula is C13H15BrN+. The smallest absolute Gasteiger partial charge is 0.155 e. The van der Waals surface area contributed by atoms with Crippen molar-refractivity contribution >= 4 is 15.9 Å². The zero-order valence-corrected chi connectivity index (χ0v) is 10.2. The minimum atomic E-state index is 0.825. The highest BCUT2D eigenvalue weighted by atomic mass is 79.9. The maximum absolute atomic E-state index is 3.89. The van der Waals surface area contributed by atoms with Crippen LogP contribution < -0.4 is 0 Å². The van der Waals surface area contributed by atoms with Gasteiger partial charge in [0.05, 0.1) is 11.4 Å². The van der Waals surface area contributed by atoms with Gasteiger partial charge >= 0.3 is 0 Å². The van der Waals surface area contributed by atoms with E-state index in [1.807, 2.05) is 0 Å². The van der Waals surface area contributed by atoms with Gasteiger partial charge in [0, 0.05) is 17.9 Å². The molecule has 15 heavy (non-hydrogen) atoms. The van der Waals surface area contributed by atoms with Gasteiger partial charge in [0.25, 0.3) is 0 Å². The fourth-order valence-corrected chi connectivity index (χ4v) is 5.39. The Bertz CT molecular complexity index is 404. The van der Waals surface area contributed by atoms with Gasteiger partial charge in [0.15, 0.2) is 6.04 Å². The Morgan fingerprint density at radius 2 is 2.07 bits per heavy atom. The highest BCUT2D eigenvalue weighted by Gasteiger charge is 2.81. The zero-order valence-electron chi connectivity index (χ0n) is 8.64. The molecule has 0 spiro atoms. The Kier molecular flexibility index (Phi) is 1.56. The molecule has 5 rings (SSSR count). The maximum Gasteiger partial charge on any atom is 0.155 e. The second kappa shape index (κ2) is 2.67. The van der Waals surface area contributed by atoms with E-state index >= 15 is 0 Å². The summed E-state index contributed by atoms with van der Waals surface area (Å²) in [4.78, 5) is 0.825. The van der Waals surface area contributed by atoms with Crippen LogP contribution in [0.2, 0.25) is 0 Å². The number of rotatable bonds is 2. The molecule has 3 saturated heterocycles. The van der Waals surface area contributed by atoms with E-state index < -0.39 is 0 Å². The number of alkyl halides is 1. The van der Waals surface area contributed by atoms with Crippen LogP contribution in [-0.4, -0.2) is 27.9 Å². The summed E-state index contributed by atoms with van der Waals surface area (Å²) in [6.45, 7) is 2.70. The van der Waals surface area contributed by atoms with Crippen LogP contribution in [0.25, 0.3) is 0 Å². The molecule has 1 unspecified atom stereocenters. The SMILES string of the molecule is Br[C@@H]1[C@@H]2C[C@@H]3[C@@H]1[N+]3(Cc1ccccc1)C2. The lowest BCUT2D eigenvalue weighted by Crippen LogP contribution is -2.25. The second-order valence-electron chi connectivity index (χ2n) is 5.43. The molecule has 1 aliphatic carbocycles. The van der Waals surface area contributed by atoms with Gasteiger partial charge in [-0.3, -0.25) is 0 Å². The largest absolute Gasteiger partial charge is 0.304 e. The molecule has 5 atom stereocenters. The monoisotopic (exact) mass is 264 g/mol. The van der Waals surface area contributed by atoms with Crippen molar-refractivity contribution in [3.05, 3.63) is 35.9 Å². The average molecular weight is 265 g/mol. The van der Waals surface area contributed by atoms with Crippen molar-refractivity contribution in [1.82, 2.24) is 0 Å². The number of quaternary nitrogens is 1. The van der Waals surface area contributed by atoms with E-state index in [9.17, 15) is 0 Å². The Balaban J connectivity index is 1.63. The molecule has 1 aromatic rings. The summed E-state index contributed by atoms with van der Waals surface area (Å²) in [5, 5.41) is 0. The molecule has 1 aromatic carbocycles. The van der Waals surface area contributed by atoms with Crippen LogP contribution in [0.15, 0.2) is 30.3 Å². The Labute approximate surface area is 98.8 Å². The van der Waals surface area contributed by atoms with Crippen molar-refractivity contribution in [3.63, 3.8) is 0 Å². The van der Waals surface area contributed by atoms with E-state index in [1.165, 1.54) is 29.6 Å². The number of hydrogen-bond acceptors (Lipinski definition) is 0. The van der Waals surface area contributed by atoms with E-state index in [-0.39, 0.29) is 0 Å². The quantitative estimate of drug-likeness (QED) is 0.438. The van der Waals surface area contributed by atoms with Gasteiger partial charge in [-0.2, -0.15) is 0 Å². The molecule has 3 aliphatic heterocycles. The van der Waals surface area contributed by atoms with Crippen LogP contribution in [0.3, 0.4) is 0 Å². The van der Waals surface area contributed by atoms with Crippen molar-refractivity contribution < 1.29 is 4.48 Å². The predicted molar refractivity (Wildman–Crippen MR) is 63.7 cm³/mol. The molecule has 0 amide bonds. The van der Waals surface area contributed by atoms with Crippen LogP contribution in [0.1, 0.15) is 12.0 Å². The summed E-state index contributed by atoms with van der Waals surface area (Å²) < 4.78 is 1.41. The van der Waals surface area contributed by atoms with Crippen LogP contribution >= 0.6 is 15.9 Å². The summed E-state index contributed by atoms with van der Waals surface area (Å²) in [6, 6.07) is 13.0. The first-order chi connectivity index (χ1) is 7.31. The molecular weight excluding hydrogens is 250 g/mol. The molecule has 4 bridgehead atoms. The van der Waals surface area contributed by atoms with Crippen molar-refractivity contribution in [1.29, 1.82) is 0 Å². The first-order valence-corrected chi connectivity index (χ1v) is 6.77. The molecule has 0 N–H and O–H groups in total. The van der Waals surface area contributed by atoms with Gasteiger partial charge in [0.1, 0.15) is 12.6 Å². The van der Waals surface area contributed by atoms with E-state index in [2.05, 4.69) is 46.3 Å². The van der Waals surface area contributed by atoms with Gasteiger partial charge in [0.2, 0.25) is 0 Å². The van der Waals surface area contributed by atoms with Gasteiger partial charge in [-0.05, 0) is 0 Å². The summed E-state index contributed by atoms with van der Waals surface area (Å²) >= 11 is 3.89. The minimum absolute atomic E-state index is 0.825. The van der Waals surface area contributed by atoms with Crippen molar-refractivity contribution in [2.45, 2.75) is 29.9 Å². The van der Waals surface area contributed by atoms with E-state index in [0.29, 0.717) is 0 Å². The summed E-state index contributed by atoms with van der Waals surface area (Å²) in [6.07, 6.45) is 1.48. The molecule has 4 fully saturated rings. The van der Waals surface area contributed by atoms with Crippen molar-refractivity contribution in [3.8, 4) is 0 Å². The molecule has 1 saturated carbocycles. The minimum Gasteiger partial charge on any atom is -0.304 e. The van der Waals surface area contributed by atoms with Gasteiger partial charge < -0.3 is 4.48 Å². The molecule has 4 aliphatic rings. The van der Waals surface area contributed by atoms with E-state index in [1.54, 1.807) is 0 Å². The molecule has 2 heteroatoms. The summed E-state index contributed by atoms with van der Waals surface area (Å²) in [5.74, 6) is 0.976. The van der Waals surface area contributed by atoms with Gasteiger partial charge in [-0.25, -0.2) is 0 Å². The average Bonchev–Trinajstić information content (AvgIpc) is 2.55. The lowest BCUT2D eigenvalue weighted by Gasteiger charge is -2.15. The standard InChI is InChI=1S/C13H15BrN/c14-12-10-6-11-13(12)15(11,8-10)7-9-4-2-1-3-5-9/h1-5,10-13H,6-8H2/q+1/t10-,11-,12-,13+,15?/m1/s1. The van der Waals surface area contributed by atoms with Crippen molar-refractivity contribution in [2.75, 3.05) is 6.54 Å². The fourth-order valence-electron chi connectivity index (χ4n) is 4.18. The third kappa shape index (κ3) is 0.974. The summed E-state index contributed by atoms with van der Waals surface area (Å²) in [7, 11) is 0. The van der Waals surface area contributed by atoms with Gasteiger partial charge in [-0.15, -0.1) is 0 Å². The summed E-state index contributed by atoms with van der Waals surface area (Å²) in [5.41, 5.74) is 1.52. The molecule has 0 aromatic heterocycles. The Hall–Kier alpha value is -0.340. The Morgan fingerprint density at radius 3 is 2.60 bits per heavy atom. The molecule has 78 valence electrons. The topological polar surface area (TPSA) is 0 Å². The van der Waals surface area contributed by atoms with Crippen LogP contribution in [-0.2, 0) is 6.54 Å². The van der Waals surface area contributed by atoms with E-state index in [0.717, 1.165) is 22.8 Å². The highest BCUT2D eigenvalue weighted by Crippen LogP contribution is 2.64. The van der Waals surface area contributed by atoms with E-state index in [4.69, 9.17) is 0 Å². The number of halogens is 1. The first-order valence-electron chi connectivity index (χ1n) is 5.86. The highest BCUT2D eigenvalue weighted by molar-refractivity contribution is 9.09. The lowest BCUT2D eigenvalue weighted by molar-refractivity contribution is -0.823. The first kappa shape index (κ1) is 8.77. The third-order valence-electron chi connectivity index (χ3n) is 4.77. The molecule has 1 nitrogen and oxygen atoms in total. The lowest BCUT2D eigenvalue weighted by atomic mass is 10.1. The fraction of sp³-hybridized carbons (Fsp3) is 0.538. The van der Waals surface area contributed by atoms with Crippen LogP contribution in [0.5, 0.6) is 0 Å². The van der Waals surface area contributed by atoms with Crippen LogP contribution in [0, 0.1) is 5.92 Å². The predicted octanol–water partition coefficient (Wildman–Crippen LogP) is 2.55. The van der Waals surface area contributed by atoms with Crippen LogP contribution in [0.4, 0.5) is 0 Å². The second-order valence-corrected chi connectivity index (χ2v) is 6.48. The normalized spacial score (nSPS) is 49.7. The number of hydrogen-bond donors (Lipinski definition) is 0.